The van der Waals surface area contributed by atoms with E-state index in [0.29, 0.717) is 22.2 Å². The quantitative estimate of drug-likeness (QED) is 0.719. The van der Waals surface area contributed by atoms with Crippen molar-refractivity contribution in [1.82, 2.24) is 9.55 Å². The minimum atomic E-state index is -0.233. The molecule has 0 saturated heterocycles. The third-order valence-corrected chi connectivity index (χ3v) is 2.29. The number of fused-ring (bicyclic) bond motifs is 1. The lowest BCUT2D eigenvalue weighted by atomic mass is 10.2. The molecule has 0 aliphatic heterocycles. The maximum absolute atomic E-state index is 11.8. The number of rotatable bonds is 2. The van der Waals surface area contributed by atoms with Gasteiger partial charge in [-0.2, -0.15) is 0 Å². The van der Waals surface area contributed by atoms with Crippen LogP contribution in [0.4, 0.5) is 0 Å². The van der Waals surface area contributed by atoms with Crippen LogP contribution in [0, 0.1) is 0 Å². The van der Waals surface area contributed by atoms with E-state index in [1.807, 2.05) is 0 Å². The highest BCUT2D eigenvalue weighted by molar-refractivity contribution is 6.31. The van der Waals surface area contributed by atoms with Crippen LogP contribution in [0.5, 0.6) is 0 Å². The van der Waals surface area contributed by atoms with E-state index < -0.39 is 0 Å². The normalized spacial score (nSPS) is 10.5. The Kier molecular flexibility index (Phi) is 2.51. The van der Waals surface area contributed by atoms with Crippen molar-refractivity contribution in [2.45, 2.75) is 6.54 Å². The number of aldehydes is 1. The third kappa shape index (κ3) is 1.76. The van der Waals surface area contributed by atoms with Crippen molar-refractivity contribution in [2.75, 3.05) is 0 Å². The Bertz CT molecular complexity index is 577. The molecule has 0 amide bonds. The fourth-order valence-electron chi connectivity index (χ4n) is 1.34. The molecule has 2 rings (SSSR count). The molecule has 4 nitrogen and oxygen atoms in total. The first-order valence-electron chi connectivity index (χ1n) is 4.30. The minimum absolute atomic E-state index is 0.0183. The van der Waals surface area contributed by atoms with E-state index >= 15 is 0 Å². The van der Waals surface area contributed by atoms with E-state index in [2.05, 4.69) is 4.98 Å². The molecule has 2 aromatic rings. The molecule has 0 saturated carbocycles. The smallest absolute Gasteiger partial charge is 0.261 e. The lowest BCUT2D eigenvalue weighted by Gasteiger charge is -2.02. The molecule has 0 aliphatic rings. The number of aromatic nitrogens is 2. The van der Waals surface area contributed by atoms with Crippen molar-refractivity contribution in [3.63, 3.8) is 0 Å². The van der Waals surface area contributed by atoms with Gasteiger partial charge in [-0.15, -0.1) is 0 Å². The summed E-state index contributed by atoms with van der Waals surface area (Å²) < 4.78 is 1.25. The topological polar surface area (TPSA) is 52.0 Å². The predicted octanol–water partition coefficient (Wildman–Crippen LogP) is 1.25. The van der Waals surface area contributed by atoms with E-state index in [9.17, 15) is 9.59 Å². The van der Waals surface area contributed by atoms with Crippen LogP contribution in [0.2, 0.25) is 5.02 Å². The summed E-state index contributed by atoms with van der Waals surface area (Å²) in [5.74, 6) is 0. The summed E-state index contributed by atoms with van der Waals surface area (Å²) >= 11 is 5.77. The van der Waals surface area contributed by atoms with Crippen molar-refractivity contribution in [2.24, 2.45) is 0 Å². The molecule has 76 valence electrons. The summed E-state index contributed by atoms with van der Waals surface area (Å²) in [5, 5.41) is 0.992. The van der Waals surface area contributed by atoms with Gasteiger partial charge in [-0.1, -0.05) is 11.6 Å². The Morgan fingerprint density at radius 3 is 3.00 bits per heavy atom. The maximum atomic E-state index is 11.8. The number of carbonyl (C=O) groups is 1. The summed E-state index contributed by atoms with van der Waals surface area (Å²) in [5.41, 5.74) is 0.304. The molecular weight excluding hydrogens is 216 g/mol. The zero-order chi connectivity index (χ0) is 10.8. The van der Waals surface area contributed by atoms with Crippen LogP contribution in [0.1, 0.15) is 0 Å². The third-order valence-electron chi connectivity index (χ3n) is 2.06. The molecule has 1 aromatic carbocycles. The van der Waals surface area contributed by atoms with Gasteiger partial charge in [0.1, 0.15) is 6.29 Å². The van der Waals surface area contributed by atoms with Gasteiger partial charge in [0.05, 0.1) is 23.8 Å². The van der Waals surface area contributed by atoms with Gasteiger partial charge in [0.2, 0.25) is 0 Å². The zero-order valence-electron chi connectivity index (χ0n) is 7.68. The lowest BCUT2D eigenvalue weighted by molar-refractivity contribution is -0.108. The molecule has 0 radical (unpaired) electrons. The largest absolute Gasteiger partial charge is 0.301 e. The molecule has 1 aromatic heterocycles. The predicted molar refractivity (Wildman–Crippen MR) is 57.1 cm³/mol. The molecule has 0 unspecified atom stereocenters. The van der Waals surface area contributed by atoms with Crippen LogP contribution >= 0.6 is 11.6 Å². The van der Waals surface area contributed by atoms with E-state index in [1.165, 1.54) is 10.9 Å². The Hall–Kier alpha value is -1.68. The van der Waals surface area contributed by atoms with E-state index in [1.54, 1.807) is 18.2 Å². The summed E-state index contributed by atoms with van der Waals surface area (Å²) in [6.45, 7) is 0.0183. The summed E-state index contributed by atoms with van der Waals surface area (Å²) in [6, 6.07) is 4.84. The molecule has 5 heteroatoms. The molecular formula is C10H7ClN2O2. The van der Waals surface area contributed by atoms with Crippen LogP contribution in [-0.4, -0.2) is 15.8 Å². The molecule has 0 atom stereocenters. The van der Waals surface area contributed by atoms with Gasteiger partial charge in [0.15, 0.2) is 0 Å². The van der Waals surface area contributed by atoms with Crippen LogP contribution in [0.25, 0.3) is 10.9 Å². The molecule has 0 N–H and O–H groups in total. The first-order valence-corrected chi connectivity index (χ1v) is 4.68. The molecule has 1 heterocycles. The Balaban J connectivity index is 2.74. The molecule has 0 bridgehead atoms. The highest BCUT2D eigenvalue weighted by Gasteiger charge is 2.03. The van der Waals surface area contributed by atoms with Gasteiger partial charge in [-0.05, 0) is 18.2 Å². The second-order valence-corrected chi connectivity index (χ2v) is 3.47. The molecule has 0 fully saturated rings. The number of nitrogens with zero attached hydrogens (tertiary/aromatic N) is 2. The van der Waals surface area contributed by atoms with Crippen LogP contribution in [0.3, 0.4) is 0 Å². The monoisotopic (exact) mass is 222 g/mol. The Morgan fingerprint density at radius 2 is 2.27 bits per heavy atom. The standard InChI is InChI=1S/C10H7ClN2O2/c11-7-1-2-8-9(5-7)12-6-13(3-4-14)10(8)15/h1-2,4-6H,3H2. The van der Waals surface area contributed by atoms with Gasteiger partial charge in [0, 0.05) is 5.02 Å². The zero-order valence-corrected chi connectivity index (χ0v) is 8.44. The highest BCUT2D eigenvalue weighted by Crippen LogP contribution is 2.13. The van der Waals surface area contributed by atoms with Crippen molar-refractivity contribution >= 4 is 28.8 Å². The van der Waals surface area contributed by atoms with E-state index in [4.69, 9.17) is 11.6 Å². The number of carbonyl (C=O) groups excluding carboxylic acids is 1. The summed E-state index contributed by atoms with van der Waals surface area (Å²) in [4.78, 5) is 26.1. The average molecular weight is 223 g/mol. The SMILES string of the molecule is O=CCn1cnc2cc(Cl)ccc2c1=O. The minimum Gasteiger partial charge on any atom is -0.301 e. The van der Waals surface area contributed by atoms with Gasteiger partial charge >= 0.3 is 0 Å². The molecule has 15 heavy (non-hydrogen) atoms. The molecule has 0 aliphatic carbocycles. The lowest BCUT2D eigenvalue weighted by Crippen LogP contribution is -2.21. The number of hydrogen-bond donors (Lipinski definition) is 0. The second-order valence-electron chi connectivity index (χ2n) is 3.03. The number of benzene rings is 1. The van der Waals surface area contributed by atoms with E-state index in [0.717, 1.165) is 0 Å². The van der Waals surface area contributed by atoms with Crippen molar-refractivity contribution in [1.29, 1.82) is 0 Å². The van der Waals surface area contributed by atoms with Crippen molar-refractivity contribution in [3.8, 4) is 0 Å². The summed E-state index contributed by atoms with van der Waals surface area (Å²) in [6.07, 6.45) is 2.00. The molecule has 0 spiro atoms. The average Bonchev–Trinajstić information content (AvgIpc) is 2.22. The van der Waals surface area contributed by atoms with Crippen LogP contribution < -0.4 is 5.56 Å². The first-order chi connectivity index (χ1) is 7.22. The number of hydrogen-bond acceptors (Lipinski definition) is 3. The number of halogens is 1. The van der Waals surface area contributed by atoms with Gasteiger partial charge in [0.25, 0.3) is 5.56 Å². The highest BCUT2D eigenvalue weighted by atomic mass is 35.5. The first kappa shape index (κ1) is 9.86. The van der Waals surface area contributed by atoms with Gasteiger partial charge in [-0.25, -0.2) is 4.98 Å². The second kappa shape index (κ2) is 3.82. The maximum Gasteiger partial charge on any atom is 0.261 e. The van der Waals surface area contributed by atoms with Crippen molar-refractivity contribution in [3.05, 3.63) is 39.9 Å². The van der Waals surface area contributed by atoms with Gasteiger partial charge in [-0.3, -0.25) is 9.36 Å². The fraction of sp³-hybridized carbons (Fsp3) is 0.100. The van der Waals surface area contributed by atoms with Crippen molar-refractivity contribution < 1.29 is 4.79 Å². The Morgan fingerprint density at radius 1 is 1.47 bits per heavy atom. The fourth-order valence-corrected chi connectivity index (χ4v) is 1.51. The van der Waals surface area contributed by atoms with Crippen LogP contribution in [0.15, 0.2) is 29.3 Å². The Labute approximate surface area is 90.1 Å². The van der Waals surface area contributed by atoms with Gasteiger partial charge < -0.3 is 4.79 Å². The van der Waals surface area contributed by atoms with Crippen LogP contribution in [-0.2, 0) is 11.3 Å². The summed E-state index contributed by atoms with van der Waals surface area (Å²) in [7, 11) is 0. The van der Waals surface area contributed by atoms with E-state index in [-0.39, 0.29) is 12.1 Å².